The topological polar surface area (TPSA) is 110 Å². The van der Waals surface area contributed by atoms with Crippen molar-refractivity contribution in [3.63, 3.8) is 0 Å². The molecule has 1 aliphatic rings. The summed E-state index contributed by atoms with van der Waals surface area (Å²) in [6, 6.07) is 13.0. The average molecular weight is 350 g/mol. The summed E-state index contributed by atoms with van der Waals surface area (Å²) in [7, 11) is 1.56. The smallest absolute Gasteiger partial charge is 0.275 e. The minimum Gasteiger partial charge on any atom is -0.497 e. The number of nitro groups is 1. The summed E-state index contributed by atoms with van der Waals surface area (Å²) >= 11 is 0. The highest BCUT2D eigenvalue weighted by molar-refractivity contribution is 6.00. The zero-order valence-corrected chi connectivity index (χ0v) is 13.7. The predicted molar refractivity (Wildman–Crippen MR) is 93.0 cm³/mol. The van der Waals surface area contributed by atoms with E-state index in [0.29, 0.717) is 28.3 Å². The Balaban J connectivity index is 1.89. The maximum Gasteiger partial charge on any atom is 0.275 e. The van der Waals surface area contributed by atoms with Crippen LogP contribution in [0.5, 0.6) is 5.75 Å². The molecule has 130 valence electrons. The number of nitrogens with zero attached hydrogens (tertiary/aromatic N) is 2. The number of benzene rings is 2. The van der Waals surface area contributed by atoms with Gasteiger partial charge in [-0.15, -0.1) is 0 Å². The molecule has 0 saturated carbocycles. The third-order valence-electron chi connectivity index (χ3n) is 4.38. The van der Waals surface area contributed by atoms with E-state index in [1.54, 1.807) is 37.4 Å². The van der Waals surface area contributed by atoms with Crippen molar-refractivity contribution < 1.29 is 14.5 Å². The molecule has 4 rings (SSSR count). The molecule has 2 N–H and O–H groups in total. The first-order chi connectivity index (χ1) is 12.6. The van der Waals surface area contributed by atoms with Gasteiger partial charge in [0.1, 0.15) is 11.4 Å². The number of hydrogen-bond acceptors (Lipinski definition) is 5. The van der Waals surface area contributed by atoms with Crippen LogP contribution < -0.4 is 10.1 Å². The standard InChI is InChI=1S/C18H14N4O4/c1-26-11-6-4-5-10(9-11)15-14-16(19-18(23)17(14)21-20-15)12-7-2-3-8-13(12)22(24)25/h2-9,16H,1H3,(H,19,23)(H,20,21). The van der Waals surface area contributed by atoms with Crippen molar-refractivity contribution in [2.45, 2.75) is 6.04 Å². The number of carbonyl (C=O) groups is 1. The summed E-state index contributed by atoms with van der Waals surface area (Å²) in [6.07, 6.45) is 0. The first-order valence-electron chi connectivity index (χ1n) is 7.87. The average Bonchev–Trinajstić information content (AvgIpc) is 3.23. The molecule has 3 aromatic rings. The quantitative estimate of drug-likeness (QED) is 0.555. The van der Waals surface area contributed by atoms with Gasteiger partial charge in [0.2, 0.25) is 0 Å². The van der Waals surface area contributed by atoms with Crippen LogP contribution >= 0.6 is 0 Å². The second kappa shape index (κ2) is 5.99. The molecule has 2 aromatic carbocycles. The summed E-state index contributed by atoms with van der Waals surface area (Å²) in [5.74, 6) is 0.309. The van der Waals surface area contributed by atoms with Crippen LogP contribution in [0.3, 0.4) is 0 Å². The number of hydrogen-bond donors (Lipinski definition) is 2. The van der Waals surface area contributed by atoms with Gasteiger partial charge in [-0.05, 0) is 18.2 Å². The number of para-hydroxylation sites is 1. The van der Waals surface area contributed by atoms with Crippen molar-refractivity contribution >= 4 is 11.6 Å². The highest BCUT2D eigenvalue weighted by Crippen LogP contribution is 2.40. The number of aromatic amines is 1. The molecule has 1 atom stereocenters. The molecule has 0 aliphatic carbocycles. The van der Waals surface area contributed by atoms with Gasteiger partial charge in [-0.1, -0.05) is 24.3 Å². The van der Waals surface area contributed by atoms with Crippen molar-refractivity contribution in [2.75, 3.05) is 7.11 Å². The van der Waals surface area contributed by atoms with Gasteiger partial charge in [-0.3, -0.25) is 20.0 Å². The van der Waals surface area contributed by atoms with E-state index in [1.165, 1.54) is 6.07 Å². The van der Waals surface area contributed by atoms with E-state index in [1.807, 2.05) is 12.1 Å². The molecule has 0 radical (unpaired) electrons. The third-order valence-corrected chi connectivity index (χ3v) is 4.38. The molecular weight excluding hydrogens is 336 g/mol. The van der Waals surface area contributed by atoms with E-state index in [9.17, 15) is 14.9 Å². The number of aromatic nitrogens is 2. The first kappa shape index (κ1) is 15.8. The molecule has 26 heavy (non-hydrogen) atoms. The Bertz CT molecular complexity index is 1030. The molecule has 0 bridgehead atoms. The van der Waals surface area contributed by atoms with Crippen molar-refractivity contribution in [3.8, 4) is 17.0 Å². The molecule has 2 heterocycles. The maximum absolute atomic E-state index is 12.3. The molecule has 1 amide bonds. The Morgan fingerprint density at radius 3 is 2.77 bits per heavy atom. The van der Waals surface area contributed by atoms with Crippen LogP contribution in [-0.2, 0) is 0 Å². The fraction of sp³-hybridized carbons (Fsp3) is 0.111. The van der Waals surface area contributed by atoms with Crippen LogP contribution in [0.2, 0.25) is 0 Å². The minimum absolute atomic E-state index is 0.0524. The molecule has 1 unspecified atom stereocenters. The molecule has 0 fully saturated rings. The lowest BCUT2D eigenvalue weighted by Crippen LogP contribution is -2.21. The van der Waals surface area contributed by atoms with Gasteiger partial charge in [0.15, 0.2) is 0 Å². The molecule has 1 aromatic heterocycles. The van der Waals surface area contributed by atoms with E-state index in [2.05, 4.69) is 15.5 Å². The largest absolute Gasteiger partial charge is 0.497 e. The number of nitro benzene ring substituents is 1. The lowest BCUT2D eigenvalue weighted by molar-refractivity contribution is -0.385. The number of methoxy groups -OCH3 is 1. The number of carbonyl (C=O) groups excluding carboxylic acids is 1. The monoisotopic (exact) mass is 350 g/mol. The maximum atomic E-state index is 12.3. The normalized spacial score (nSPS) is 15.4. The number of ether oxygens (including phenoxy) is 1. The van der Waals surface area contributed by atoms with Crippen molar-refractivity contribution in [1.82, 2.24) is 15.5 Å². The van der Waals surface area contributed by atoms with Gasteiger partial charge >= 0.3 is 0 Å². The fourth-order valence-corrected chi connectivity index (χ4v) is 3.20. The lowest BCUT2D eigenvalue weighted by Gasteiger charge is -2.13. The highest BCUT2D eigenvalue weighted by Gasteiger charge is 2.38. The van der Waals surface area contributed by atoms with E-state index in [4.69, 9.17) is 4.74 Å². The predicted octanol–water partition coefficient (Wildman–Crippen LogP) is 2.83. The zero-order chi connectivity index (χ0) is 18.3. The van der Waals surface area contributed by atoms with Crippen LogP contribution in [0.25, 0.3) is 11.3 Å². The second-order valence-corrected chi connectivity index (χ2v) is 5.82. The van der Waals surface area contributed by atoms with E-state index in [0.717, 1.165) is 5.56 Å². The summed E-state index contributed by atoms with van der Waals surface area (Å²) in [6.45, 7) is 0. The van der Waals surface area contributed by atoms with Crippen LogP contribution in [0.4, 0.5) is 5.69 Å². The molecule has 0 saturated heterocycles. The van der Waals surface area contributed by atoms with Gasteiger partial charge in [0.25, 0.3) is 11.6 Å². The number of fused-ring (bicyclic) bond motifs is 1. The summed E-state index contributed by atoms with van der Waals surface area (Å²) in [5.41, 5.74) is 2.57. The Morgan fingerprint density at radius 1 is 1.19 bits per heavy atom. The number of rotatable bonds is 4. The van der Waals surface area contributed by atoms with Crippen molar-refractivity contribution in [3.05, 3.63) is 75.5 Å². The first-order valence-corrected chi connectivity index (χ1v) is 7.87. The van der Waals surface area contributed by atoms with E-state index in [-0.39, 0.29) is 11.6 Å². The Labute approximate surface area is 148 Å². The molecular formula is C18H14N4O4. The minimum atomic E-state index is -0.654. The fourth-order valence-electron chi connectivity index (χ4n) is 3.20. The van der Waals surface area contributed by atoms with Gasteiger partial charge in [0, 0.05) is 17.2 Å². The Hall–Kier alpha value is -3.68. The molecule has 0 spiro atoms. The van der Waals surface area contributed by atoms with Gasteiger partial charge < -0.3 is 10.1 Å². The molecule has 8 nitrogen and oxygen atoms in total. The van der Waals surface area contributed by atoms with Gasteiger partial charge in [-0.25, -0.2) is 0 Å². The number of nitrogens with one attached hydrogen (secondary N) is 2. The lowest BCUT2D eigenvalue weighted by atomic mass is 9.95. The molecule has 8 heteroatoms. The SMILES string of the molecule is COc1cccc(-c2n[nH]c3c2C(c2ccccc2[N+](=O)[O-])NC3=O)c1. The molecule has 1 aliphatic heterocycles. The van der Waals surface area contributed by atoms with Gasteiger partial charge in [-0.2, -0.15) is 5.10 Å². The van der Waals surface area contributed by atoms with Crippen LogP contribution in [0.15, 0.2) is 48.5 Å². The highest BCUT2D eigenvalue weighted by atomic mass is 16.6. The summed E-state index contributed by atoms with van der Waals surface area (Å²) in [4.78, 5) is 23.3. The van der Waals surface area contributed by atoms with E-state index < -0.39 is 11.0 Å². The van der Waals surface area contributed by atoms with Crippen molar-refractivity contribution in [2.24, 2.45) is 0 Å². The van der Waals surface area contributed by atoms with Crippen molar-refractivity contribution in [1.29, 1.82) is 0 Å². The van der Waals surface area contributed by atoms with Gasteiger partial charge in [0.05, 0.1) is 29.3 Å². The number of H-pyrrole nitrogens is 1. The summed E-state index contributed by atoms with van der Waals surface area (Å²) in [5, 5.41) is 21.2. The second-order valence-electron chi connectivity index (χ2n) is 5.82. The van der Waals surface area contributed by atoms with E-state index >= 15 is 0 Å². The van der Waals surface area contributed by atoms with Crippen LogP contribution in [-0.4, -0.2) is 28.1 Å². The zero-order valence-electron chi connectivity index (χ0n) is 13.7. The summed E-state index contributed by atoms with van der Waals surface area (Å²) < 4.78 is 5.25. The Morgan fingerprint density at radius 2 is 2.00 bits per heavy atom. The Kier molecular flexibility index (Phi) is 3.65. The number of amides is 1. The van der Waals surface area contributed by atoms with Crippen LogP contribution in [0.1, 0.15) is 27.7 Å². The van der Waals surface area contributed by atoms with Crippen LogP contribution in [0, 0.1) is 10.1 Å². The third kappa shape index (κ3) is 2.39.